The summed E-state index contributed by atoms with van der Waals surface area (Å²) in [6.07, 6.45) is 0. The van der Waals surface area contributed by atoms with Gasteiger partial charge in [0, 0.05) is 11.4 Å². The van der Waals surface area contributed by atoms with Crippen molar-refractivity contribution >= 4 is 40.7 Å². The number of H-pyrrole nitrogens is 1. The number of para-hydroxylation sites is 2. The van der Waals surface area contributed by atoms with Gasteiger partial charge in [-0.05, 0) is 36.0 Å². The van der Waals surface area contributed by atoms with Gasteiger partial charge in [0.15, 0.2) is 0 Å². The molecule has 0 bridgehead atoms. The third kappa shape index (κ3) is 4.27. The maximum Gasteiger partial charge on any atom is 0.299 e. The Morgan fingerprint density at radius 1 is 1.00 bits per heavy atom. The molecule has 1 heterocycles. The number of aromatic nitrogens is 2. The van der Waals surface area contributed by atoms with Gasteiger partial charge >= 0.3 is 0 Å². The first-order valence-electron chi connectivity index (χ1n) is 7.64. The molecular formula is C18H18N5OS+. The molecular weight excluding hydrogens is 334 g/mol. The van der Waals surface area contributed by atoms with Crippen LogP contribution in [-0.4, -0.2) is 16.6 Å². The van der Waals surface area contributed by atoms with Gasteiger partial charge in [-0.1, -0.05) is 41.4 Å². The van der Waals surface area contributed by atoms with Crippen LogP contribution in [0.4, 0.5) is 23.0 Å². The molecule has 1 amide bonds. The van der Waals surface area contributed by atoms with E-state index in [1.165, 1.54) is 17.8 Å². The van der Waals surface area contributed by atoms with Gasteiger partial charge in [0.2, 0.25) is 17.5 Å². The second-order valence-electron chi connectivity index (χ2n) is 5.26. The third-order valence-electron chi connectivity index (χ3n) is 3.40. The van der Waals surface area contributed by atoms with Crippen molar-refractivity contribution in [2.45, 2.75) is 5.16 Å². The molecule has 0 fully saturated rings. The summed E-state index contributed by atoms with van der Waals surface area (Å²) >= 11 is 1.26. The number of benzene rings is 2. The van der Waals surface area contributed by atoms with E-state index in [2.05, 4.69) is 9.97 Å². The lowest BCUT2D eigenvalue weighted by molar-refractivity contribution is -0.416. The van der Waals surface area contributed by atoms with E-state index >= 15 is 0 Å². The molecule has 1 aromatic heterocycles. The van der Waals surface area contributed by atoms with Crippen molar-refractivity contribution in [2.75, 3.05) is 22.1 Å². The van der Waals surface area contributed by atoms with Crippen LogP contribution in [-0.2, 0) is 4.79 Å². The molecule has 0 atom stereocenters. The number of carbonyl (C=O) groups is 1. The van der Waals surface area contributed by atoms with E-state index in [0.29, 0.717) is 16.8 Å². The van der Waals surface area contributed by atoms with Crippen LogP contribution in [0.1, 0.15) is 0 Å². The van der Waals surface area contributed by atoms with Gasteiger partial charge in [-0.2, -0.15) is 0 Å². The summed E-state index contributed by atoms with van der Waals surface area (Å²) in [4.78, 5) is 21.6. The second kappa shape index (κ2) is 7.67. The fourth-order valence-electron chi connectivity index (χ4n) is 2.35. The number of rotatable bonds is 5. The summed E-state index contributed by atoms with van der Waals surface area (Å²) in [5, 5.41) is 0.506. The molecule has 0 saturated carbocycles. The molecule has 25 heavy (non-hydrogen) atoms. The van der Waals surface area contributed by atoms with E-state index in [0.717, 1.165) is 11.4 Å². The van der Waals surface area contributed by atoms with Crippen molar-refractivity contribution < 1.29 is 9.78 Å². The quantitative estimate of drug-likeness (QED) is 0.543. The molecule has 0 spiro atoms. The predicted octanol–water partition coefficient (Wildman–Crippen LogP) is 2.52. The number of nitrogens with one attached hydrogen (secondary N) is 1. The first-order chi connectivity index (χ1) is 12.1. The zero-order valence-corrected chi connectivity index (χ0v) is 14.2. The largest absolute Gasteiger partial charge is 0.370 e. The molecule has 3 aromatic rings. The van der Waals surface area contributed by atoms with Gasteiger partial charge in [0.25, 0.3) is 5.16 Å². The molecule has 126 valence electrons. The highest BCUT2D eigenvalue weighted by atomic mass is 32.2. The van der Waals surface area contributed by atoms with Gasteiger partial charge in [-0.3, -0.25) is 9.69 Å². The highest BCUT2D eigenvalue weighted by Crippen LogP contribution is 2.26. The van der Waals surface area contributed by atoms with Crippen molar-refractivity contribution in [2.24, 2.45) is 0 Å². The topological polar surface area (TPSA) is 99.4 Å². The number of nitrogen functional groups attached to an aromatic ring is 2. The molecule has 0 aliphatic heterocycles. The Morgan fingerprint density at radius 2 is 1.56 bits per heavy atom. The van der Waals surface area contributed by atoms with Crippen LogP contribution >= 0.6 is 11.8 Å². The minimum atomic E-state index is -0.0707. The highest BCUT2D eigenvalue weighted by Gasteiger charge is 2.19. The summed E-state index contributed by atoms with van der Waals surface area (Å²) in [5.74, 6) is 0.842. The number of amides is 1. The molecule has 0 aliphatic rings. The zero-order chi connectivity index (χ0) is 17.6. The number of nitrogens with two attached hydrogens (primary N) is 2. The zero-order valence-electron chi connectivity index (χ0n) is 13.4. The SMILES string of the molecule is Nc1cc(N)[nH+]c(SCC(=O)N(c2ccccc2)c2ccccc2)n1. The van der Waals surface area contributed by atoms with Crippen LogP contribution in [0, 0.1) is 0 Å². The van der Waals surface area contributed by atoms with Crippen molar-refractivity contribution in [1.29, 1.82) is 0 Å². The monoisotopic (exact) mass is 352 g/mol. The fourth-order valence-corrected chi connectivity index (χ4v) is 3.10. The Morgan fingerprint density at radius 3 is 2.08 bits per heavy atom. The average Bonchev–Trinajstić information content (AvgIpc) is 2.61. The van der Waals surface area contributed by atoms with E-state index in [1.807, 2.05) is 60.7 Å². The van der Waals surface area contributed by atoms with Gasteiger partial charge in [-0.25, -0.2) is 4.98 Å². The normalized spacial score (nSPS) is 10.4. The molecule has 0 unspecified atom stereocenters. The lowest BCUT2D eigenvalue weighted by atomic mass is 10.2. The molecule has 6 nitrogen and oxygen atoms in total. The van der Waals surface area contributed by atoms with Crippen molar-refractivity contribution in [3.8, 4) is 0 Å². The summed E-state index contributed by atoms with van der Waals surface area (Å²) in [6.45, 7) is 0. The Kier molecular flexibility index (Phi) is 5.15. The molecule has 2 aromatic carbocycles. The van der Waals surface area contributed by atoms with Crippen LogP contribution in [0.2, 0.25) is 0 Å². The summed E-state index contributed by atoms with van der Waals surface area (Å²) in [5.41, 5.74) is 13.0. The van der Waals surface area contributed by atoms with Crippen molar-refractivity contribution in [3.05, 3.63) is 66.7 Å². The number of nitrogens with zero attached hydrogens (tertiary/aromatic N) is 2. The van der Waals surface area contributed by atoms with Gasteiger partial charge < -0.3 is 11.5 Å². The number of hydrogen-bond acceptors (Lipinski definition) is 5. The lowest BCUT2D eigenvalue weighted by Gasteiger charge is -2.22. The Bertz CT molecular complexity index is 798. The number of thioether (sulfide) groups is 1. The first kappa shape index (κ1) is 16.8. The van der Waals surface area contributed by atoms with Crippen LogP contribution in [0.5, 0.6) is 0 Å². The van der Waals surface area contributed by atoms with Crippen molar-refractivity contribution in [3.63, 3.8) is 0 Å². The second-order valence-corrected chi connectivity index (χ2v) is 6.22. The van der Waals surface area contributed by atoms with Crippen LogP contribution in [0.3, 0.4) is 0 Å². The number of aromatic amines is 1. The van der Waals surface area contributed by atoms with E-state index in [9.17, 15) is 4.79 Å². The first-order valence-corrected chi connectivity index (χ1v) is 8.63. The third-order valence-corrected chi connectivity index (χ3v) is 4.25. The van der Waals surface area contributed by atoms with Gasteiger partial charge in [0.05, 0.1) is 11.8 Å². The molecule has 0 radical (unpaired) electrons. The minimum absolute atomic E-state index is 0.0707. The van der Waals surface area contributed by atoms with Gasteiger partial charge in [-0.15, -0.1) is 0 Å². The predicted molar refractivity (Wildman–Crippen MR) is 100 cm³/mol. The fraction of sp³-hybridized carbons (Fsp3) is 0.0556. The smallest absolute Gasteiger partial charge is 0.299 e. The molecule has 3 rings (SSSR count). The Hall–Kier alpha value is -3.06. The van der Waals surface area contributed by atoms with E-state index < -0.39 is 0 Å². The standard InChI is InChI=1S/C18H17N5OS/c19-15-11-16(20)22-18(21-15)25-12-17(24)23(13-7-3-1-4-8-13)14-9-5-2-6-10-14/h1-11H,12H2,(H4,19,20,21,22)/p+1. The van der Waals surface area contributed by atoms with Crippen LogP contribution in [0.15, 0.2) is 71.9 Å². The minimum Gasteiger partial charge on any atom is -0.370 e. The highest BCUT2D eigenvalue weighted by molar-refractivity contribution is 7.99. The molecule has 0 aliphatic carbocycles. The number of hydrogen-bond donors (Lipinski definition) is 2. The van der Waals surface area contributed by atoms with E-state index in [1.54, 1.807) is 4.90 Å². The maximum atomic E-state index is 12.9. The maximum absolute atomic E-state index is 12.9. The summed E-state index contributed by atoms with van der Waals surface area (Å²) in [6, 6.07) is 20.6. The van der Waals surface area contributed by atoms with Crippen LogP contribution in [0.25, 0.3) is 0 Å². The Balaban J connectivity index is 1.82. The number of carbonyl (C=O) groups excluding carboxylic acids is 1. The summed E-state index contributed by atoms with van der Waals surface area (Å²) < 4.78 is 0. The summed E-state index contributed by atoms with van der Waals surface area (Å²) in [7, 11) is 0. The molecule has 5 N–H and O–H groups in total. The van der Waals surface area contributed by atoms with Gasteiger partial charge in [0.1, 0.15) is 0 Å². The lowest BCUT2D eigenvalue weighted by Crippen LogP contribution is -2.28. The van der Waals surface area contributed by atoms with Crippen molar-refractivity contribution in [1.82, 2.24) is 4.98 Å². The number of anilines is 4. The molecule has 0 saturated heterocycles. The molecule has 7 heteroatoms. The average molecular weight is 352 g/mol. The van der Waals surface area contributed by atoms with E-state index in [-0.39, 0.29) is 11.7 Å². The van der Waals surface area contributed by atoms with E-state index in [4.69, 9.17) is 11.5 Å². The van der Waals surface area contributed by atoms with Crippen LogP contribution < -0.4 is 21.4 Å². The Labute approximate surface area is 149 Å².